The lowest BCUT2D eigenvalue weighted by Crippen LogP contribution is -2.09. The number of aromatic nitrogens is 2. The summed E-state index contributed by atoms with van der Waals surface area (Å²) in [7, 11) is 0. The first-order valence-electron chi connectivity index (χ1n) is 5.73. The number of carbonyl (C=O) groups is 1. The molecule has 0 unspecified atom stereocenters. The van der Waals surface area contributed by atoms with Crippen LogP contribution < -0.4 is 0 Å². The number of benzene rings is 1. The molecule has 1 N–H and O–H groups in total. The van der Waals surface area contributed by atoms with Gasteiger partial charge in [-0.25, -0.2) is 14.2 Å². The first-order chi connectivity index (χ1) is 8.66. The first-order valence-corrected chi connectivity index (χ1v) is 5.73. The molecule has 18 heavy (non-hydrogen) atoms. The van der Waals surface area contributed by atoms with Crippen molar-refractivity contribution in [3.05, 3.63) is 42.1 Å². The Bertz CT molecular complexity index is 600. The summed E-state index contributed by atoms with van der Waals surface area (Å²) >= 11 is 0. The molecule has 1 aliphatic carbocycles. The van der Waals surface area contributed by atoms with Gasteiger partial charge in [-0.3, -0.25) is 0 Å². The van der Waals surface area contributed by atoms with Gasteiger partial charge in [0.05, 0.1) is 11.9 Å². The van der Waals surface area contributed by atoms with Gasteiger partial charge in [-0.05, 0) is 42.7 Å². The molecule has 1 aliphatic rings. The number of halogens is 1. The van der Waals surface area contributed by atoms with Crippen molar-refractivity contribution in [1.29, 1.82) is 0 Å². The Morgan fingerprint density at radius 3 is 2.56 bits per heavy atom. The number of aromatic carboxylic acids is 1. The molecule has 0 radical (unpaired) electrons. The molecule has 0 saturated heterocycles. The van der Waals surface area contributed by atoms with Gasteiger partial charge in [0, 0.05) is 6.04 Å². The summed E-state index contributed by atoms with van der Waals surface area (Å²) in [6.45, 7) is 0. The second-order valence-corrected chi connectivity index (χ2v) is 4.38. The third-order valence-corrected chi connectivity index (χ3v) is 3.04. The Morgan fingerprint density at radius 2 is 2.00 bits per heavy atom. The highest BCUT2D eigenvalue weighted by Crippen LogP contribution is 2.39. The van der Waals surface area contributed by atoms with E-state index in [1.807, 2.05) is 0 Å². The van der Waals surface area contributed by atoms with E-state index in [0.29, 0.717) is 0 Å². The van der Waals surface area contributed by atoms with Gasteiger partial charge in [-0.1, -0.05) is 0 Å². The monoisotopic (exact) mass is 246 g/mol. The second kappa shape index (κ2) is 3.94. The van der Waals surface area contributed by atoms with Gasteiger partial charge in [0.2, 0.25) is 5.82 Å². The van der Waals surface area contributed by atoms with Crippen LogP contribution in [0.4, 0.5) is 4.39 Å². The molecule has 1 fully saturated rings. The van der Waals surface area contributed by atoms with E-state index in [4.69, 9.17) is 5.11 Å². The maximum atomic E-state index is 12.9. The van der Waals surface area contributed by atoms with Crippen molar-refractivity contribution in [2.75, 3.05) is 0 Å². The molecular weight excluding hydrogens is 235 g/mol. The van der Waals surface area contributed by atoms with E-state index in [0.717, 1.165) is 24.1 Å². The van der Waals surface area contributed by atoms with E-state index in [2.05, 4.69) is 4.98 Å². The summed E-state index contributed by atoms with van der Waals surface area (Å²) in [4.78, 5) is 15.1. The lowest BCUT2D eigenvalue weighted by molar-refractivity contribution is 0.0678. The van der Waals surface area contributed by atoms with Crippen molar-refractivity contribution in [2.45, 2.75) is 18.9 Å². The zero-order chi connectivity index (χ0) is 12.7. The van der Waals surface area contributed by atoms with Crippen molar-refractivity contribution < 1.29 is 14.3 Å². The highest BCUT2D eigenvalue weighted by molar-refractivity contribution is 5.85. The van der Waals surface area contributed by atoms with Gasteiger partial charge >= 0.3 is 5.97 Å². The van der Waals surface area contributed by atoms with E-state index < -0.39 is 5.97 Å². The Morgan fingerprint density at radius 1 is 1.33 bits per heavy atom. The van der Waals surface area contributed by atoms with Crippen molar-refractivity contribution in [3.8, 4) is 11.3 Å². The number of imidazole rings is 1. The van der Waals surface area contributed by atoms with E-state index in [1.54, 1.807) is 16.7 Å². The van der Waals surface area contributed by atoms with Crippen LogP contribution in [0.15, 0.2) is 30.5 Å². The summed E-state index contributed by atoms with van der Waals surface area (Å²) in [6, 6.07) is 6.20. The molecule has 0 aliphatic heterocycles. The molecule has 0 spiro atoms. The average Bonchev–Trinajstić information content (AvgIpc) is 3.09. The van der Waals surface area contributed by atoms with Crippen molar-refractivity contribution in [1.82, 2.24) is 9.55 Å². The molecule has 1 saturated carbocycles. The molecule has 3 rings (SSSR count). The van der Waals surface area contributed by atoms with Gasteiger partial charge < -0.3 is 9.67 Å². The van der Waals surface area contributed by atoms with Crippen LogP contribution in [0, 0.1) is 5.82 Å². The van der Waals surface area contributed by atoms with E-state index >= 15 is 0 Å². The quantitative estimate of drug-likeness (QED) is 0.905. The maximum Gasteiger partial charge on any atom is 0.372 e. The lowest BCUT2D eigenvalue weighted by Gasteiger charge is -2.08. The largest absolute Gasteiger partial charge is 0.475 e. The standard InChI is InChI=1S/C13H11FN2O2/c14-9-3-1-8(2-4-9)11-7-15-12(13(17)18)16(11)10-5-6-10/h1-4,7,10H,5-6H2,(H,17,18). The lowest BCUT2D eigenvalue weighted by atomic mass is 10.1. The van der Waals surface area contributed by atoms with Gasteiger partial charge in [0.1, 0.15) is 5.82 Å². The highest BCUT2D eigenvalue weighted by atomic mass is 19.1. The summed E-state index contributed by atoms with van der Waals surface area (Å²) in [6.07, 6.45) is 3.46. The van der Waals surface area contributed by atoms with Gasteiger partial charge in [0.25, 0.3) is 0 Å². The molecule has 92 valence electrons. The van der Waals surface area contributed by atoms with Crippen LogP contribution in [0.5, 0.6) is 0 Å². The van der Waals surface area contributed by atoms with Crippen LogP contribution in [-0.4, -0.2) is 20.6 Å². The average molecular weight is 246 g/mol. The fraction of sp³-hybridized carbons (Fsp3) is 0.231. The summed E-state index contributed by atoms with van der Waals surface area (Å²) in [5, 5.41) is 9.10. The number of carboxylic acids is 1. The molecule has 0 atom stereocenters. The van der Waals surface area contributed by atoms with Crippen LogP contribution >= 0.6 is 0 Å². The van der Waals surface area contributed by atoms with Gasteiger partial charge in [0.15, 0.2) is 0 Å². The third-order valence-electron chi connectivity index (χ3n) is 3.04. The molecule has 1 aromatic heterocycles. The smallest absolute Gasteiger partial charge is 0.372 e. The molecule has 5 heteroatoms. The molecule has 0 bridgehead atoms. The van der Waals surface area contributed by atoms with Gasteiger partial charge in [-0.15, -0.1) is 0 Å². The van der Waals surface area contributed by atoms with Crippen LogP contribution in [0.25, 0.3) is 11.3 Å². The van der Waals surface area contributed by atoms with Crippen LogP contribution in [0.2, 0.25) is 0 Å². The summed E-state index contributed by atoms with van der Waals surface area (Å²) in [5.74, 6) is -1.29. The number of carboxylic acid groups (broad SMARTS) is 1. The highest BCUT2D eigenvalue weighted by Gasteiger charge is 2.30. The molecule has 0 amide bonds. The number of hydrogen-bond donors (Lipinski definition) is 1. The van der Waals surface area contributed by atoms with Gasteiger partial charge in [-0.2, -0.15) is 0 Å². The summed E-state index contributed by atoms with van der Waals surface area (Å²) in [5.41, 5.74) is 1.51. The Kier molecular flexibility index (Phi) is 2.40. The fourth-order valence-corrected chi connectivity index (χ4v) is 2.06. The molecule has 2 aromatic rings. The Balaban J connectivity index is 2.11. The third kappa shape index (κ3) is 1.77. The number of nitrogens with zero attached hydrogens (tertiary/aromatic N) is 2. The number of rotatable bonds is 3. The van der Waals surface area contributed by atoms with E-state index in [1.165, 1.54) is 18.3 Å². The predicted octanol–water partition coefficient (Wildman–Crippen LogP) is 2.72. The second-order valence-electron chi connectivity index (χ2n) is 4.38. The predicted molar refractivity (Wildman–Crippen MR) is 62.9 cm³/mol. The minimum absolute atomic E-state index is 0.0526. The Labute approximate surface area is 103 Å². The molecule has 4 nitrogen and oxygen atoms in total. The van der Waals surface area contributed by atoms with Crippen molar-refractivity contribution in [2.24, 2.45) is 0 Å². The van der Waals surface area contributed by atoms with Crippen molar-refractivity contribution in [3.63, 3.8) is 0 Å². The zero-order valence-electron chi connectivity index (χ0n) is 9.51. The van der Waals surface area contributed by atoms with E-state index in [9.17, 15) is 9.18 Å². The zero-order valence-corrected chi connectivity index (χ0v) is 9.51. The summed E-state index contributed by atoms with van der Waals surface area (Å²) < 4.78 is 14.6. The normalized spacial score (nSPS) is 14.7. The molecule has 1 aromatic carbocycles. The number of hydrogen-bond acceptors (Lipinski definition) is 2. The van der Waals surface area contributed by atoms with Crippen LogP contribution in [0.3, 0.4) is 0 Å². The molecule has 1 heterocycles. The fourth-order valence-electron chi connectivity index (χ4n) is 2.06. The van der Waals surface area contributed by atoms with Crippen molar-refractivity contribution >= 4 is 5.97 Å². The minimum Gasteiger partial charge on any atom is -0.475 e. The Hall–Kier alpha value is -2.17. The minimum atomic E-state index is -1.03. The molecular formula is C13H11FN2O2. The van der Waals surface area contributed by atoms with Crippen LogP contribution in [0.1, 0.15) is 29.5 Å². The first kappa shape index (κ1) is 11.0. The van der Waals surface area contributed by atoms with Crippen LogP contribution in [-0.2, 0) is 0 Å². The maximum absolute atomic E-state index is 12.9. The topological polar surface area (TPSA) is 55.1 Å². The van der Waals surface area contributed by atoms with E-state index in [-0.39, 0.29) is 17.7 Å². The SMILES string of the molecule is O=C(O)c1ncc(-c2ccc(F)cc2)n1C1CC1.